The van der Waals surface area contributed by atoms with Crippen LogP contribution in [0.5, 0.6) is 0 Å². The second kappa shape index (κ2) is 23.6. The summed E-state index contributed by atoms with van der Waals surface area (Å²) < 4.78 is 0. The zero-order chi connectivity index (χ0) is 16.2. The van der Waals surface area contributed by atoms with Crippen molar-refractivity contribution in [2.45, 2.75) is 74.1 Å². The number of hydrogen-bond donors (Lipinski definition) is 1. The minimum atomic E-state index is 0.935. The maximum Gasteiger partial charge on any atom is 0.0173 e. The Hall–Kier alpha value is -0.500. The molecule has 0 aliphatic carbocycles. The standard InChI is InChI=1S/C8H16N2.C6H14.2C2H6/c1-9-5-4-8-10-6-2-3-7-10;1-4-6(3)5-2;2*1-2/h4,8-9H,2-3,5-7H2,1H3;6H,4-5H2,1-3H3;2*1-2H3/b8-4+;;;. The van der Waals surface area contributed by atoms with Crippen LogP contribution in [0, 0.1) is 5.92 Å². The summed E-state index contributed by atoms with van der Waals surface area (Å²) in [4.78, 5) is 2.37. The average molecular weight is 287 g/mol. The van der Waals surface area contributed by atoms with Crippen LogP contribution in [0.25, 0.3) is 0 Å². The van der Waals surface area contributed by atoms with E-state index in [1.807, 2.05) is 34.7 Å². The van der Waals surface area contributed by atoms with Gasteiger partial charge in [0.15, 0.2) is 0 Å². The molecule has 0 aromatic rings. The largest absolute Gasteiger partial charge is 0.378 e. The monoisotopic (exact) mass is 286 g/mol. The molecule has 124 valence electrons. The van der Waals surface area contributed by atoms with E-state index in [0.29, 0.717) is 0 Å². The fourth-order valence-electron chi connectivity index (χ4n) is 1.50. The second-order valence-electron chi connectivity index (χ2n) is 4.61. The van der Waals surface area contributed by atoms with Crippen molar-refractivity contribution in [3.63, 3.8) is 0 Å². The fraction of sp³-hybridized carbons (Fsp3) is 0.889. The molecule has 0 aromatic carbocycles. The molecule has 0 saturated carbocycles. The van der Waals surface area contributed by atoms with Gasteiger partial charge in [0.1, 0.15) is 0 Å². The highest BCUT2D eigenvalue weighted by molar-refractivity contribution is 4.86. The van der Waals surface area contributed by atoms with Crippen molar-refractivity contribution in [3.05, 3.63) is 12.3 Å². The molecule has 0 radical (unpaired) electrons. The van der Waals surface area contributed by atoms with E-state index < -0.39 is 0 Å². The summed E-state index contributed by atoms with van der Waals surface area (Å²) in [6.07, 6.45) is 9.76. The van der Waals surface area contributed by atoms with Crippen LogP contribution in [0.4, 0.5) is 0 Å². The van der Waals surface area contributed by atoms with Gasteiger partial charge in [-0.15, -0.1) is 0 Å². The normalized spacial score (nSPS) is 13.2. The SMILES string of the molecule is CC.CC.CCC(C)CC.CNC/C=C/N1CCCC1. The third kappa shape index (κ3) is 19.8. The Morgan fingerprint density at radius 1 is 1.00 bits per heavy atom. The molecule has 2 nitrogen and oxygen atoms in total. The summed E-state index contributed by atoms with van der Waals surface area (Å²) in [7, 11) is 1.97. The molecule has 1 aliphatic heterocycles. The molecule has 1 saturated heterocycles. The van der Waals surface area contributed by atoms with Gasteiger partial charge in [0, 0.05) is 19.6 Å². The lowest BCUT2D eigenvalue weighted by Crippen LogP contribution is -2.12. The molecule has 0 bridgehead atoms. The smallest absolute Gasteiger partial charge is 0.0173 e. The van der Waals surface area contributed by atoms with Crippen LogP contribution in [0.15, 0.2) is 12.3 Å². The summed E-state index contributed by atoms with van der Waals surface area (Å²) in [5, 5.41) is 3.08. The third-order valence-electron chi connectivity index (χ3n) is 3.17. The number of hydrogen-bond acceptors (Lipinski definition) is 2. The maximum absolute atomic E-state index is 3.08. The van der Waals surface area contributed by atoms with E-state index in [1.54, 1.807) is 0 Å². The van der Waals surface area contributed by atoms with Crippen molar-refractivity contribution in [3.8, 4) is 0 Å². The number of nitrogens with one attached hydrogen (secondary N) is 1. The molecular weight excluding hydrogens is 244 g/mol. The first-order valence-electron chi connectivity index (χ1n) is 8.79. The Morgan fingerprint density at radius 3 is 1.75 bits per heavy atom. The van der Waals surface area contributed by atoms with Crippen LogP contribution in [0.2, 0.25) is 0 Å². The Labute approximate surface area is 130 Å². The van der Waals surface area contributed by atoms with Gasteiger partial charge in [0.2, 0.25) is 0 Å². The van der Waals surface area contributed by atoms with Crippen molar-refractivity contribution in [2.75, 3.05) is 26.7 Å². The van der Waals surface area contributed by atoms with Gasteiger partial charge in [-0.2, -0.15) is 0 Å². The Bertz CT molecular complexity index is 157. The topological polar surface area (TPSA) is 15.3 Å². The molecule has 0 amide bonds. The fourth-order valence-corrected chi connectivity index (χ4v) is 1.50. The Kier molecular flexibility index (Phi) is 28.9. The lowest BCUT2D eigenvalue weighted by atomic mass is 10.1. The van der Waals surface area contributed by atoms with E-state index in [-0.39, 0.29) is 0 Å². The van der Waals surface area contributed by atoms with Gasteiger partial charge in [0.25, 0.3) is 0 Å². The van der Waals surface area contributed by atoms with Crippen LogP contribution in [-0.2, 0) is 0 Å². The van der Waals surface area contributed by atoms with E-state index in [2.05, 4.69) is 43.3 Å². The van der Waals surface area contributed by atoms with Crippen molar-refractivity contribution in [1.29, 1.82) is 0 Å². The van der Waals surface area contributed by atoms with Gasteiger partial charge in [-0.25, -0.2) is 0 Å². The summed E-state index contributed by atoms with van der Waals surface area (Å²) in [6, 6.07) is 0. The maximum atomic E-state index is 3.08. The minimum Gasteiger partial charge on any atom is -0.378 e. The highest BCUT2D eigenvalue weighted by atomic mass is 15.1. The summed E-state index contributed by atoms with van der Waals surface area (Å²) in [5.74, 6) is 0.935. The summed E-state index contributed by atoms with van der Waals surface area (Å²) >= 11 is 0. The zero-order valence-electron chi connectivity index (χ0n) is 15.6. The Balaban J connectivity index is -0.000000250. The highest BCUT2D eigenvalue weighted by Gasteiger charge is 2.05. The van der Waals surface area contributed by atoms with Gasteiger partial charge in [-0.3, -0.25) is 0 Å². The first kappa shape index (κ1) is 24.5. The van der Waals surface area contributed by atoms with E-state index in [1.165, 1.54) is 38.8 Å². The first-order chi connectivity index (χ1) is 9.74. The molecule has 1 heterocycles. The van der Waals surface area contributed by atoms with Gasteiger partial charge in [-0.05, 0) is 32.0 Å². The number of likely N-dealkylation sites (tertiary alicyclic amines) is 1. The second-order valence-corrected chi connectivity index (χ2v) is 4.61. The lowest BCUT2D eigenvalue weighted by molar-refractivity contribution is 0.466. The molecule has 2 heteroatoms. The van der Waals surface area contributed by atoms with Gasteiger partial charge in [0.05, 0.1) is 0 Å². The van der Waals surface area contributed by atoms with Crippen LogP contribution < -0.4 is 5.32 Å². The highest BCUT2D eigenvalue weighted by Crippen LogP contribution is 2.06. The van der Waals surface area contributed by atoms with Crippen molar-refractivity contribution in [2.24, 2.45) is 5.92 Å². The molecule has 20 heavy (non-hydrogen) atoms. The minimum absolute atomic E-state index is 0.935. The van der Waals surface area contributed by atoms with Gasteiger partial charge in [-0.1, -0.05) is 67.4 Å². The van der Waals surface area contributed by atoms with Gasteiger partial charge >= 0.3 is 0 Å². The van der Waals surface area contributed by atoms with Crippen molar-refractivity contribution >= 4 is 0 Å². The first-order valence-corrected chi connectivity index (χ1v) is 8.79. The molecule has 1 fully saturated rings. The predicted molar refractivity (Wildman–Crippen MR) is 96.3 cm³/mol. The molecule has 0 spiro atoms. The summed E-state index contributed by atoms with van der Waals surface area (Å²) in [6.45, 7) is 18.2. The van der Waals surface area contributed by atoms with E-state index in [9.17, 15) is 0 Å². The molecule has 0 unspecified atom stereocenters. The quantitative estimate of drug-likeness (QED) is 0.736. The van der Waals surface area contributed by atoms with Crippen LogP contribution in [0.3, 0.4) is 0 Å². The molecule has 0 aromatic heterocycles. The predicted octanol–water partition coefficient (Wildman–Crippen LogP) is 5.31. The molecule has 1 rings (SSSR count). The third-order valence-corrected chi connectivity index (χ3v) is 3.17. The van der Waals surface area contributed by atoms with Crippen LogP contribution in [-0.4, -0.2) is 31.6 Å². The Morgan fingerprint density at radius 2 is 1.45 bits per heavy atom. The summed E-state index contributed by atoms with van der Waals surface area (Å²) in [5.41, 5.74) is 0. The number of nitrogens with zero attached hydrogens (tertiary/aromatic N) is 1. The van der Waals surface area contributed by atoms with Crippen LogP contribution in [0.1, 0.15) is 74.1 Å². The van der Waals surface area contributed by atoms with Crippen LogP contribution >= 0.6 is 0 Å². The number of rotatable bonds is 5. The van der Waals surface area contributed by atoms with E-state index in [4.69, 9.17) is 0 Å². The van der Waals surface area contributed by atoms with E-state index >= 15 is 0 Å². The lowest BCUT2D eigenvalue weighted by Gasteiger charge is -2.09. The van der Waals surface area contributed by atoms with Crippen molar-refractivity contribution < 1.29 is 0 Å². The van der Waals surface area contributed by atoms with E-state index in [0.717, 1.165) is 12.5 Å². The average Bonchev–Trinajstić information content (AvgIpc) is 3.05. The molecule has 1 N–H and O–H groups in total. The molecule has 0 atom stereocenters. The number of likely N-dealkylation sites (N-methyl/N-ethyl adjacent to an activating group) is 1. The van der Waals surface area contributed by atoms with Gasteiger partial charge < -0.3 is 10.2 Å². The molecule has 1 aliphatic rings. The van der Waals surface area contributed by atoms with Crippen molar-refractivity contribution in [1.82, 2.24) is 10.2 Å². The zero-order valence-corrected chi connectivity index (χ0v) is 15.6. The molecular formula is C18H42N2.